The van der Waals surface area contributed by atoms with Gasteiger partial charge in [-0.3, -0.25) is 0 Å². The molecule has 0 spiro atoms. The maximum absolute atomic E-state index is 11.1. The molecule has 0 unspecified atom stereocenters. The van der Waals surface area contributed by atoms with E-state index in [1.807, 2.05) is 36.4 Å². The zero-order valence-corrected chi connectivity index (χ0v) is 32.1. The standard InChI is InChI=1S/C42H52O11/c1-23-24(2)42(30-14-18-34(38(22-30)50-10)52-26(4)40(44)28-12-16-32(46-6)36(20-28)48-8)53-41(23)29-13-17-33(37(21-29)49-9)51-25(3)39(43)27-11-15-31(45-5)35(19-27)47-7/h11-26,39-44H,1-10H3/t23-,24+,25-,26-,39-,40-,41+,42-/m0/s1. The summed E-state index contributed by atoms with van der Waals surface area (Å²) in [5.74, 6) is 4.62. The van der Waals surface area contributed by atoms with Gasteiger partial charge in [0, 0.05) is 0 Å². The summed E-state index contributed by atoms with van der Waals surface area (Å²) in [7, 11) is 9.43. The fourth-order valence-electron chi connectivity index (χ4n) is 6.78. The minimum atomic E-state index is -0.932. The van der Waals surface area contributed by atoms with E-state index in [1.165, 1.54) is 0 Å². The van der Waals surface area contributed by atoms with Crippen LogP contribution in [0, 0.1) is 11.8 Å². The third kappa shape index (κ3) is 8.38. The molecule has 0 aromatic heterocycles. The Kier molecular flexibility index (Phi) is 12.9. The zero-order chi connectivity index (χ0) is 38.4. The molecule has 1 aliphatic heterocycles. The largest absolute Gasteiger partial charge is 0.493 e. The molecule has 2 N–H and O–H groups in total. The van der Waals surface area contributed by atoms with Crippen molar-refractivity contribution >= 4 is 0 Å². The van der Waals surface area contributed by atoms with Crippen LogP contribution in [-0.4, -0.2) is 65.1 Å². The predicted molar refractivity (Wildman–Crippen MR) is 200 cm³/mol. The first kappa shape index (κ1) is 39.4. The predicted octanol–water partition coefficient (Wildman–Crippen LogP) is 7.82. The van der Waals surface area contributed by atoms with E-state index in [0.29, 0.717) is 57.1 Å². The van der Waals surface area contributed by atoms with Crippen LogP contribution in [0.25, 0.3) is 0 Å². The lowest BCUT2D eigenvalue weighted by atomic mass is 9.85. The van der Waals surface area contributed by atoms with Crippen LogP contribution >= 0.6 is 0 Å². The van der Waals surface area contributed by atoms with Crippen molar-refractivity contribution in [3.05, 3.63) is 95.1 Å². The Morgan fingerprint density at radius 2 is 0.774 bits per heavy atom. The Labute approximate surface area is 312 Å². The van der Waals surface area contributed by atoms with E-state index in [4.69, 9.17) is 42.6 Å². The molecule has 1 aliphatic rings. The van der Waals surface area contributed by atoms with E-state index >= 15 is 0 Å². The average molecular weight is 733 g/mol. The van der Waals surface area contributed by atoms with Crippen molar-refractivity contribution in [2.45, 2.75) is 64.3 Å². The van der Waals surface area contributed by atoms with Gasteiger partial charge >= 0.3 is 0 Å². The molecule has 0 amide bonds. The summed E-state index contributed by atoms with van der Waals surface area (Å²) in [6, 6.07) is 22.1. The molecular formula is C42H52O11. The Morgan fingerprint density at radius 1 is 0.453 bits per heavy atom. The second-order valence-corrected chi connectivity index (χ2v) is 13.3. The maximum Gasteiger partial charge on any atom is 0.161 e. The van der Waals surface area contributed by atoms with Gasteiger partial charge in [-0.1, -0.05) is 38.1 Å². The monoisotopic (exact) mass is 732 g/mol. The SMILES string of the molecule is COc1ccc([C@@H](O)[C@H](C)Oc2ccc([C@H]3O[C@@H](c4ccc(O[C@@H](C)[C@H](O)c5ccc(OC)c(OC)c5)c(OC)c4)[C@@H](C)[C@H]3C)cc2OC)cc1OC. The van der Waals surface area contributed by atoms with E-state index in [2.05, 4.69) is 13.8 Å². The summed E-state index contributed by atoms with van der Waals surface area (Å²) in [6.45, 7) is 7.96. The van der Waals surface area contributed by atoms with Gasteiger partial charge in [-0.2, -0.15) is 0 Å². The van der Waals surface area contributed by atoms with Crippen LogP contribution in [0.1, 0.15) is 74.4 Å². The molecule has 4 aromatic carbocycles. The van der Waals surface area contributed by atoms with Gasteiger partial charge in [-0.15, -0.1) is 0 Å². The number of ether oxygens (including phenoxy) is 9. The first-order valence-electron chi connectivity index (χ1n) is 17.6. The molecule has 11 heteroatoms. The third-order valence-electron chi connectivity index (χ3n) is 10.1. The van der Waals surface area contributed by atoms with Crippen molar-refractivity contribution in [2.24, 2.45) is 11.8 Å². The summed E-state index contributed by atoms with van der Waals surface area (Å²) in [5.41, 5.74) is 3.18. The van der Waals surface area contributed by atoms with Crippen molar-refractivity contribution in [3.8, 4) is 46.0 Å². The van der Waals surface area contributed by atoms with E-state index < -0.39 is 24.4 Å². The van der Waals surface area contributed by atoms with Gasteiger partial charge in [0.2, 0.25) is 0 Å². The second-order valence-electron chi connectivity index (χ2n) is 13.3. The highest BCUT2D eigenvalue weighted by atomic mass is 16.5. The van der Waals surface area contributed by atoms with Gasteiger partial charge in [0.15, 0.2) is 46.0 Å². The number of rotatable bonds is 16. The maximum atomic E-state index is 11.1. The van der Waals surface area contributed by atoms with Gasteiger partial charge in [0.05, 0.1) is 54.9 Å². The van der Waals surface area contributed by atoms with Crippen molar-refractivity contribution < 1.29 is 52.8 Å². The minimum absolute atomic E-state index is 0.167. The fraction of sp³-hybridized carbons (Fsp3) is 0.429. The Hall–Kier alpha value is -4.84. The summed E-state index contributed by atoms with van der Waals surface area (Å²) < 4.78 is 52.2. The smallest absolute Gasteiger partial charge is 0.161 e. The normalized spacial score (nSPS) is 20.5. The molecule has 1 heterocycles. The molecule has 0 aliphatic carbocycles. The average Bonchev–Trinajstić information content (AvgIpc) is 3.49. The lowest BCUT2D eigenvalue weighted by molar-refractivity contribution is 0.0281. The molecule has 11 nitrogen and oxygen atoms in total. The Bertz CT molecular complexity index is 1700. The van der Waals surface area contributed by atoms with Gasteiger partial charge in [-0.05, 0) is 96.5 Å². The van der Waals surface area contributed by atoms with Crippen molar-refractivity contribution in [1.29, 1.82) is 0 Å². The highest BCUT2D eigenvalue weighted by molar-refractivity contribution is 5.48. The van der Waals surface area contributed by atoms with Gasteiger partial charge in [-0.25, -0.2) is 0 Å². The molecule has 1 fully saturated rings. The number of benzene rings is 4. The van der Waals surface area contributed by atoms with Crippen LogP contribution in [0.5, 0.6) is 46.0 Å². The first-order chi connectivity index (χ1) is 25.5. The van der Waals surface area contributed by atoms with Crippen molar-refractivity contribution in [1.82, 2.24) is 0 Å². The van der Waals surface area contributed by atoms with Crippen molar-refractivity contribution in [2.75, 3.05) is 42.7 Å². The highest BCUT2D eigenvalue weighted by Gasteiger charge is 2.41. The van der Waals surface area contributed by atoms with Crippen LogP contribution in [0.4, 0.5) is 0 Å². The number of hydrogen-bond acceptors (Lipinski definition) is 11. The minimum Gasteiger partial charge on any atom is -0.493 e. The topological polar surface area (TPSA) is 124 Å². The molecule has 1 saturated heterocycles. The first-order valence-corrected chi connectivity index (χ1v) is 17.6. The van der Waals surface area contributed by atoms with Crippen molar-refractivity contribution in [3.63, 3.8) is 0 Å². The van der Waals surface area contributed by atoms with E-state index in [9.17, 15) is 10.2 Å². The Balaban J connectivity index is 1.29. The summed E-state index contributed by atoms with van der Waals surface area (Å²) in [6.07, 6.45) is -3.49. The van der Waals surface area contributed by atoms with Crippen LogP contribution in [0.2, 0.25) is 0 Å². The number of hydrogen-bond donors (Lipinski definition) is 2. The van der Waals surface area contributed by atoms with Crippen LogP contribution in [0.3, 0.4) is 0 Å². The highest BCUT2D eigenvalue weighted by Crippen LogP contribution is 2.51. The molecule has 53 heavy (non-hydrogen) atoms. The van der Waals surface area contributed by atoms with Gasteiger partial charge in [0.25, 0.3) is 0 Å². The molecule has 0 bridgehead atoms. The van der Waals surface area contributed by atoms with Gasteiger partial charge in [0.1, 0.15) is 24.4 Å². The molecule has 0 saturated carbocycles. The molecule has 5 rings (SSSR count). The number of aliphatic hydroxyl groups excluding tert-OH is 2. The molecule has 0 radical (unpaired) electrons. The molecular weight excluding hydrogens is 680 g/mol. The second kappa shape index (κ2) is 17.3. The van der Waals surface area contributed by atoms with E-state index in [1.54, 1.807) is 92.9 Å². The summed E-state index contributed by atoms with van der Waals surface area (Å²) in [5, 5.41) is 22.2. The van der Waals surface area contributed by atoms with Crippen LogP contribution < -0.4 is 37.9 Å². The fourth-order valence-corrected chi connectivity index (χ4v) is 6.78. The van der Waals surface area contributed by atoms with Crippen LogP contribution in [0.15, 0.2) is 72.8 Å². The Morgan fingerprint density at radius 3 is 1.11 bits per heavy atom. The summed E-state index contributed by atoms with van der Waals surface area (Å²) in [4.78, 5) is 0. The lowest BCUT2D eigenvalue weighted by Gasteiger charge is -2.24. The van der Waals surface area contributed by atoms with E-state index in [0.717, 1.165) is 11.1 Å². The van der Waals surface area contributed by atoms with Crippen LogP contribution in [-0.2, 0) is 4.74 Å². The van der Waals surface area contributed by atoms with E-state index in [-0.39, 0.29) is 24.0 Å². The van der Waals surface area contributed by atoms with Gasteiger partial charge < -0.3 is 52.8 Å². The third-order valence-corrected chi connectivity index (χ3v) is 10.1. The molecule has 8 atom stereocenters. The lowest BCUT2D eigenvalue weighted by Crippen LogP contribution is -2.22. The number of methoxy groups -OCH3 is 6. The molecule has 4 aromatic rings. The number of aliphatic hydroxyl groups is 2. The molecule has 286 valence electrons. The summed E-state index contributed by atoms with van der Waals surface area (Å²) >= 11 is 0. The quantitative estimate of drug-likeness (QED) is 0.117. The zero-order valence-electron chi connectivity index (χ0n) is 32.1.